The Kier molecular flexibility index (Phi) is 6.87. The molecule has 0 saturated carbocycles. The van der Waals surface area contributed by atoms with E-state index in [1.807, 2.05) is 4.82 Å². The fourth-order valence-electron chi connectivity index (χ4n) is 2.55. The van der Waals surface area contributed by atoms with E-state index in [1.54, 1.807) is 0 Å². The van der Waals surface area contributed by atoms with Crippen molar-refractivity contribution >= 4 is 16.1 Å². The topological polar surface area (TPSA) is 0 Å². The highest BCUT2D eigenvalue weighted by Crippen LogP contribution is 2.26. The van der Waals surface area contributed by atoms with Gasteiger partial charge in [0.15, 0.2) is 0 Å². The Bertz CT molecular complexity index is 200. The standard InChI is InChI=1S/C14H32Si2/c1-8-9-10-11-12-13-14(15(2,3)4)16(5,6)7/h13H,8-12H2,1-7H3. The van der Waals surface area contributed by atoms with Crippen LogP contribution in [0.25, 0.3) is 0 Å². The molecular formula is C14H32Si2. The highest BCUT2D eigenvalue weighted by Gasteiger charge is 2.30. The monoisotopic (exact) mass is 256 g/mol. The van der Waals surface area contributed by atoms with Gasteiger partial charge in [-0.1, -0.05) is 76.4 Å². The van der Waals surface area contributed by atoms with E-state index >= 15 is 0 Å². The zero-order valence-electron chi connectivity index (χ0n) is 12.6. The molecule has 0 aliphatic carbocycles. The van der Waals surface area contributed by atoms with Gasteiger partial charge in [-0.05, 0) is 12.8 Å². The second kappa shape index (κ2) is 6.80. The van der Waals surface area contributed by atoms with E-state index in [1.165, 1.54) is 32.1 Å². The predicted octanol–water partition coefficient (Wildman–Crippen LogP) is 5.64. The van der Waals surface area contributed by atoms with Crippen LogP contribution in [0, 0.1) is 0 Å². The lowest BCUT2D eigenvalue weighted by molar-refractivity contribution is 0.674. The maximum atomic E-state index is 2.62. The first-order valence-corrected chi connectivity index (χ1v) is 13.9. The highest BCUT2D eigenvalue weighted by atomic mass is 28.4. The number of rotatable bonds is 7. The lowest BCUT2D eigenvalue weighted by atomic mass is 10.2. The van der Waals surface area contributed by atoms with Crippen LogP contribution in [-0.4, -0.2) is 16.1 Å². The van der Waals surface area contributed by atoms with Crippen LogP contribution in [0.3, 0.4) is 0 Å². The van der Waals surface area contributed by atoms with Gasteiger partial charge in [0.1, 0.15) is 0 Å². The van der Waals surface area contributed by atoms with Gasteiger partial charge in [0.2, 0.25) is 0 Å². The second-order valence-corrected chi connectivity index (χ2v) is 17.5. The Morgan fingerprint density at radius 1 is 0.812 bits per heavy atom. The van der Waals surface area contributed by atoms with Crippen molar-refractivity contribution in [3.8, 4) is 0 Å². The largest absolute Gasteiger partial charge is 0.0950 e. The van der Waals surface area contributed by atoms with Crippen molar-refractivity contribution in [2.75, 3.05) is 0 Å². The Balaban J connectivity index is 4.38. The fraction of sp³-hybridized carbons (Fsp3) is 0.857. The van der Waals surface area contributed by atoms with Gasteiger partial charge in [-0.25, -0.2) is 0 Å². The lowest BCUT2D eigenvalue weighted by Crippen LogP contribution is -2.39. The zero-order valence-corrected chi connectivity index (χ0v) is 14.6. The van der Waals surface area contributed by atoms with Crippen molar-refractivity contribution in [3.63, 3.8) is 0 Å². The van der Waals surface area contributed by atoms with Gasteiger partial charge in [-0.15, -0.1) is 0 Å². The summed E-state index contributed by atoms with van der Waals surface area (Å²) in [5, 5.41) is 0. The van der Waals surface area contributed by atoms with Crippen LogP contribution < -0.4 is 0 Å². The lowest BCUT2D eigenvalue weighted by Gasteiger charge is -2.31. The van der Waals surface area contributed by atoms with E-state index in [0.29, 0.717) is 0 Å². The summed E-state index contributed by atoms with van der Waals surface area (Å²) in [7, 11) is -2.14. The van der Waals surface area contributed by atoms with E-state index in [2.05, 4.69) is 52.3 Å². The van der Waals surface area contributed by atoms with Crippen LogP contribution in [-0.2, 0) is 0 Å². The zero-order chi connectivity index (χ0) is 12.8. The Labute approximate surface area is 106 Å². The smallest absolute Gasteiger partial charge is 0.0677 e. The van der Waals surface area contributed by atoms with Crippen molar-refractivity contribution in [2.24, 2.45) is 0 Å². The Hall–Kier alpha value is 0.174. The molecule has 0 atom stereocenters. The second-order valence-electron chi connectivity index (χ2n) is 6.97. The van der Waals surface area contributed by atoms with E-state index in [0.717, 1.165) is 0 Å². The van der Waals surface area contributed by atoms with E-state index < -0.39 is 16.1 Å². The third kappa shape index (κ3) is 6.69. The summed E-state index contributed by atoms with van der Waals surface area (Å²) < 4.78 is 0. The van der Waals surface area contributed by atoms with Crippen molar-refractivity contribution in [2.45, 2.75) is 78.3 Å². The molecule has 0 nitrogen and oxygen atoms in total. The number of allylic oxidation sites excluding steroid dienone is 1. The summed E-state index contributed by atoms with van der Waals surface area (Å²) in [6.07, 6.45) is 9.50. The fourth-order valence-corrected chi connectivity index (χ4v) is 13.1. The molecule has 0 heterocycles. The average Bonchev–Trinajstić information content (AvgIpc) is 2.06. The molecule has 0 N–H and O–H groups in total. The minimum Gasteiger partial charge on any atom is -0.0950 e. The van der Waals surface area contributed by atoms with Crippen LogP contribution in [0.1, 0.15) is 39.0 Å². The first-order valence-electron chi connectivity index (χ1n) is 6.90. The first kappa shape index (κ1) is 16.2. The van der Waals surface area contributed by atoms with Crippen LogP contribution in [0.2, 0.25) is 39.3 Å². The Morgan fingerprint density at radius 3 is 1.69 bits per heavy atom. The maximum absolute atomic E-state index is 2.62. The Morgan fingerprint density at radius 2 is 1.31 bits per heavy atom. The van der Waals surface area contributed by atoms with Crippen molar-refractivity contribution in [3.05, 3.63) is 10.9 Å². The van der Waals surface area contributed by atoms with Gasteiger partial charge in [0.25, 0.3) is 0 Å². The number of unbranched alkanes of at least 4 members (excludes halogenated alkanes) is 4. The minimum atomic E-state index is -1.07. The molecule has 0 aromatic carbocycles. The summed E-state index contributed by atoms with van der Waals surface area (Å²) in [4.78, 5) is 1.89. The van der Waals surface area contributed by atoms with E-state index in [-0.39, 0.29) is 0 Å². The maximum Gasteiger partial charge on any atom is 0.0677 e. The normalized spacial score (nSPS) is 12.7. The molecule has 0 spiro atoms. The molecule has 2 heteroatoms. The van der Waals surface area contributed by atoms with Crippen molar-refractivity contribution in [1.82, 2.24) is 0 Å². The van der Waals surface area contributed by atoms with E-state index in [4.69, 9.17) is 0 Å². The molecule has 0 amide bonds. The molecule has 0 aliphatic heterocycles. The van der Waals surface area contributed by atoms with Gasteiger partial charge >= 0.3 is 0 Å². The molecular weight excluding hydrogens is 224 g/mol. The quantitative estimate of drug-likeness (QED) is 0.408. The molecule has 0 aliphatic rings. The van der Waals surface area contributed by atoms with Crippen LogP contribution in [0.4, 0.5) is 0 Å². The average molecular weight is 257 g/mol. The number of hydrogen-bond donors (Lipinski definition) is 0. The first-order chi connectivity index (χ1) is 7.19. The summed E-state index contributed by atoms with van der Waals surface area (Å²) in [5.74, 6) is 0. The molecule has 0 aromatic heterocycles. The van der Waals surface area contributed by atoms with Crippen LogP contribution in [0.5, 0.6) is 0 Å². The van der Waals surface area contributed by atoms with E-state index in [9.17, 15) is 0 Å². The van der Waals surface area contributed by atoms with Gasteiger partial charge in [-0.2, -0.15) is 0 Å². The van der Waals surface area contributed by atoms with Gasteiger partial charge in [-0.3, -0.25) is 0 Å². The number of hydrogen-bond acceptors (Lipinski definition) is 0. The SMILES string of the molecule is CCCCCCC=C([Si](C)(C)C)[Si](C)(C)C. The molecule has 0 unspecified atom stereocenters. The third-order valence-corrected chi connectivity index (χ3v) is 11.2. The van der Waals surface area contributed by atoms with Crippen molar-refractivity contribution < 1.29 is 0 Å². The third-order valence-electron chi connectivity index (χ3n) is 3.02. The highest BCUT2D eigenvalue weighted by molar-refractivity contribution is 7.04. The molecule has 0 bridgehead atoms. The summed E-state index contributed by atoms with van der Waals surface area (Å²) in [5.41, 5.74) is 0. The summed E-state index contributed by atoms with van der Waals surface area (Å²) >= 11 is 0. The van der Waals surface area contributed by atoms with Crippen LogP contribution >= 0.6 is 0 Å². The molecule has 96 valence electrons. The molecule has 16 heavy (non-hydrogen) atoms. The predicted molar refractivity (Wildman–Crippen MR) is 83.5 cm³/mol. The van der Waals surface area contributed by atoms with Gasteiger partial charge in [0, 0.05) is 0 Å². The van der Waals surface area contributed by atoms with Gasteiger partial charge in [0.05, 0.1) is 16.1 Å². The van der Waals surface area contributed by atoms with Gasteiger partial charge < -0.3 is 0 Å². The molecule has 0 radical (unpaired) electrons. The molecule has 0 rings (SSSR count). The molecule has 0 aromatic rings. The molecule has 0 saturated heterocycles. The summed E-state index contributed by atoms with van der Waals surface area (Å²) in [6, 6.07) is 0. The van der Waals surface area contributed by atoms with Crippen LogP contribution in [0.15, 0.2) is 10.9 Å². The van der Waals surface area contributed by atoms with Crippen molar-refractivity contribution in [1.29, 1.82) is 0 Å². The minimum absolute atomic E-state index is 1.07. The summed E-state index contributed by atoms with van der Waals surface area (Å²) in [6.45, 7) is 17.3. The molecule has 0 fully saturated rings.